The number of hydrogen-bond acceptors (Lipinski definition) is 2. The Morgan fingerprint density at radius 2 is 1.30 bits per heavy atom. The van der Waals surface area contributed by atoms with E-state index >= 15 is 0 Å². The van der Waals surface area contributed by atoms with Crippen molar-refractivity contribution < 1.29 is 0 Å². The zero-order valence-electron chi connectivity index (χ0n) is 21.5. The molecule has 4 nitrogen and oxygen atoms in total. The summed E-state index contributed by atoms with van der Waals surface area (Å²) in [5, 5.41) is 2.57. The molecule has 0 amide bonds. The molecular weight excluding hydrogens is 488 g/mol. The third kappa shape index (κ3) is 2.96. The van der Waals surface area contributed by atoms with E-state index in [2.05, 4.69) is 119 Å². The van der Waals surface area contributed by atoms with Crippen LogP contribution in [0.25, 0.3) is 77.9 Å². The van der Waals surface area contributed by atoms with Crippen LogP contribution in [0.1, 0.15) is 0 Å². The van der Waals surface area contributed by atoms with Crippen molar-refractivity contribution in [1.82, 2.24) is 18.9 Å². The smallest absolute Gasteiger partial charge is 0.234 e. The van der Waals surface area contributed by atoms with Gasteiger partial charge in [-0.3, -0.25) is 4.40 Å². The second-order valence-corrected chi connectivity index (χ2v) is 10.4. The lowest BCUT2D eigenvalue weighted by molar-refractivity contribution is 1.11. The first-order valence-corrected chi connectivity index (χ1v) is 13.5. The Kier molecular flexibility index (Phi) is 4.30. The minimum atomic E-state index is 0.703. The monoisotopic (exact) mass is 510 g/mol. The summed E-state index contributed by atoms with van der Waals surface area (Å²) in [5.74, 6) is 0.703. The summed E-state index contributed by atoms with van der Waals surface area (Å²) in [5.41, 5.74) is 13.0. The molecule has 8 aromatic rings. The maximum absolute atomic E-state index is 4.75. The second-order valence-electron chi connectivity index (χ2n) is 10.4. The van der Waals surface area contributed by atoms with E-state index < -0.39 is 0 Å². The zero-order chi connectivity index (χ0) is 26.2. The first-order valence-electron chi connectivity index (χ1n) is 13.5. The molecule has 0 bridgehead atoms. The molecule has 0 spiro atoms. The van der Waals surface area contributed by atoms with E-state index in [1.165, 1.54) is 55.3 Å². The maximum Gasteiger partial charge on any atom is 0.234 e. The molecule has 0 fully saturated rings. The summed E-state index contributed by atoms with van der Waals surface area (Å²) in [7, 11) is 0. The zero-order valence-corrected chi connectivity index (χ0v) is 21.5. The predicted molar refractivity (Wildman–Crippen MR) is 163 cm³/mol. The van der Waals surface area contributed by atoms with E-state index in [9.17, 15) is 0 Å². The van der Waals surface area contributed by atoms with Crippen LogP contribution in [-0.2, 0) is 0 Å². The van der Waals surface area contributed by atoms with Gasteiger partial charge in [-0.1, -0.05) is 84.9 Å². The fourth-order valence-corrected chi connectivity index (χ4v) is 6.39. The summed E-state index contributed by atoms with van der Waals surface area (Å²) in [6.45, 7) is 0. The first kappa shape index (κ1) is 21.5. The minimum absolute atomic E-state index is 0.703. The van der Waals surface area contributed by atoms with Gasteiger partial charge in [-0.15, -0.1) is 0 Å². The molecule has 0 saturated heterocycles. The topological polar surface area (TPSA) is 35.1 Å². The van der Waals surface area contributed by atoms with Crippen molar-refractivity contribution >= 4 is 27.6 Å². The molecule has 9 rings (SSSR count). The van der Waals surface area contributed by atoms with Crippen molar-refractivity contribution in [3.63, 3.8) is 0 Å². The van der Waals surface area contributed by atoms with Gasteiger partial charge in [-0.05, 0) is 52.6 Å². The number of fused-ring (bicyclic) bond motifs is 9. The molecule has 0 N–H and O–H groups in total. The SMILES string of the molecule is c1cc(-c2ccc3c(c2)-c2ccccc2-c2cccc4c5ccccc5n-3c24)cc(-c2cn3cccnc3n2)c1. The first-order chi connectivity index (χ1) is 19.8. The molecule has 0 radical (unpaired) electrons. The Labute approximate surface area is 230 Å². The summed E-state index contributed by atoms with van der Waals surface area (Å²) >= 11 is 0. The van der Waals surface area contributed by atoms with Crippen molar-refractivity contribution in [2.75, 3.05) is 0 Å². The Hall–Kier alpha value is -5.48. The number of hydrogen-bond donors (Lipinski definition) is 0. The summed E-state index contributed by atoms with van der Waals surface area (Å²) in [6.07, 6.45) is 5.79. The van der Waals surface area contributed by atoms with Gasteiger partial charge in [-0.25, -0.2) is 9.97 Å². The summed E-state index contributed by atoms with van der Waals surface area (Å²) in [4.78, 5) is 9.13. The normalized spacial score (nSPS) is 12.0. The number of nitrogens with zero attached hydrogens (tertiary/aromatic N) is 4. The second kappa shape index (κ2) is 8.01. The van der Waals surface area contributed by atoms with Crippen LogP contribution in [0.3, 0.4) is 0 Å². The van der Waals surface area contributed by atoms with Crippen molar-refractivity contribution in [3.05, 3.63) is 134 Å². The van der Waals surface area contributed by atoms with Crippen LogP contribution in [0.2, 0.25) is 0 Å². The van der Waals surface area contributed by atoms with Crippen LogP contribution >= 0.6 is 0 Å². The van der Waals surface area contributed by atoms with E-state index in [1.807, 2.05) is 22.9 Å². The number of para-hydroxylation sites is 2. The molecule has 0 saturated carbocycles. The molecule has 0 unspecified atom stereocenters. The van der Waals surface area contributed by atoms with Crippen molar-refractivity contribution in [2.45, 2.75) is 0 Å². The number of imidazole rings is 1. The molecule has 4 heterocycles. The van der Waals surface area contributed by atoms with Gasteiger partial charge in [0.15, 0.2) is 0 Å². The van der Waals surface area contributed by atoms with Gasteiger partial charge < -0.3 is 4.57 Å². The highest BCUT2D eigenvalue weighted by atomic mass is 15.1. The van der Waals surface area contributed by atoms with Gasteiger partial charge in [0.2, 0.25) is 5.78 Å². The molecular formula is C36H22N4. The third-order valence-corrected chi connectivity index (χ3v) is 8.17. The highest BCUT2D eigenvalue weighted by Crippen LogP contribution is 2.47. The van der Waals surface area contributed by atoms with Crippen molar-refractivity contribution in [1.29, 1.82) is 0 Å². The largest absolute Gasteiger partial charge is 0.308 e. The van der Waals surface area contributed by atoms with Crippen LogP contribution in [0.15, 0.2) is 134 Å². The highest BCUT2D eigenvalue weighted by molar-refractivity contribution is 6.16. The van der Waals surface area contributed by atoms with Crippen LogP contribution in [0.4, 0.5) is 0 Å². The highest BCUT2D eigenvalue weighted by Gasteiger charge is 2.24. The number of aromatic nitrogens is 4. The molecule has 0 atom stereocenters. The van der Waals surface area contributed by atoms with Gasteiger partial charge in [0, 0.05) is 46.1 Å². The predicted octanol–water partition coefficient (Wildman–Crippen LogP) is 8.81. The van der Waals surface area contributed by atoms with E-state index in [0.29, 0.717) is 5.78 Å². The molecule has 186 valence electrons. The third-order valence-electron chi connectivity index (χ3n) is 8.17. The quantitative estimate of drug-likeness (QED) is 0.233. The lowest BCUT2D eigenvalue weighted by Crippen LogP contribution is -1.96. The standard InChI is InChI=1S/C36H22N4/c1-2-11-27-26(10-1)29-13-6-14-30-28-12-3-4-15-33(28)40(35(29)30)34-17-16-24(21-31(27)34)23-8-5-9-25(20-23)32-22-39-19-7-18-37-36(39)38-32/h1-22H. The van der Waals surface area contributed by atoms with Crippen LogP contribution in [0, 0.1) is 0 Å². The average molecular weight is 511 g/mol. The molecule has 5 aromatic carbocycles. The molecule has 40 heavy (non-hydrogen) atoms. The molecule has 3 aromatic heterocycles. The van der Waals surface area contributed by atoms with E-state index in [4.69, 9.17) is 4.98 Å². The average Bonchev–Trinajstić information content (AvgIpc) is 3.57. The number of benzene rings is 5. The van der Waals surface area contributed by atoms with Crippen LogP contribution in [0.5, 0.6) is 0 Å². The van der Waals surface area contributed by atoms with Crippen molar-refractivity contribution in [3.8, 4) is 50.3 Å². The summed E-state index contributed by atoms with van der Waals surface area (Å²) < 4.78 is 4.42. The fourth-order valence-electron chi connectivity index (χ4n) is 6.39. The van der Waals surface area contributed by atoms with Gasteiger partial charge in [0.1, 0.15) is 0 Å². The number of rotatable bonds is 2. The van der Waals surface area contributed by atoms with E-state index in [-0.39, 0.29) is 0 Å². The summed E-state index contributed by atoms with van der Waals surface area (Å²) in [6, 6.07) is 41.7. The van der Waals surface area contributed by atoms with E-state index in [0.717, 1.165) is 16.8 Å². The molecule has 1 aliphatic heterocycles. The molecule has 4 heteroatoms. The van der Waals surface area contributed by atoms with Crippen molar-refractivity contribution in [2.24, 2.45) is 0 Å². The molecule has 1 aliphatic rings. The van der Waals surface area contributed by atoms with Gasteiger partial charge in [-0.2, -0.15) is 0 Å². The Bertz CT molecular complexity index is 2250. The Morgan fingerprint density at radius 1 is 0.550 bits per heavy atom. The molecule has 0 aliphatic carbocycles. The van der Waals surface area contributed by atoms with Gasteiger partial charge in [0.25, 0.3) is 0 Å². The van der Waals surface area contributed by atoms with Gasteiger partial charge >= 0.3 is 0 Å². The minimum Gasteiger partial charge on any atom is -0.308 e. The lowest BCUT2D eigenvalue weighted by atomic mass is 9.91. The Morgan fingerprint density at radius 3 is 2.23 bits per heavy atom. The lowest BCUT2D eigenvalue weighted by Gasteiger charge is -2.15. The van der Waals surface area contributed by atoms with Gasteiger partial charge in [0.05, 0.1) is 22.4 Å². The fraction of sp³-hybridized carbons (Fsp3) is 0. The maximum atomic E-state index is 4.75. The van der Waals surface area contributed by atoms with Crippen LogP contribution < -0.4 is 0 Å². The van der Waals surface area contributed by atoms with E-state index in [1.54, 1.807) is 6.20 Å². The van der Waals surface area contributed by atoms with Crippen LogP contribution in [-0.4, -0.2) is 18.9 Å². The Balaban J connectivity index is 1.29.